The van der Waals surface area contributed by atoms with E-state index in [1.54, 1.807) is 0 Å². The van der Waals surface area contributed by atoms with Gasteiger partial charge in [0.05, 0.1) is 11.4 Å². The Morgan fingerprint density at radius 1 is 1.39 bits per heavy atom. The lowest BCUT2D eigenvalue weighted by molar-refractivity contribution is 0.287. The Hall–Kier alpha value is -0.660. The lowest BCUT2D eigenvalue weighted by atomic mass is 9.93. The molecule has 0 aliphatic rings. The number of aliphatic hydroxyl groups excluding tert-OH is 1. The Labute approximate surface area is 112 Å². The third kappa shape index (κ3) is 4.91. The largest absolute Gasteiger partial charge is 0.396 e. The average molecular weight is 292 g/mol. The van der Waals surface area contributed by atoms with Crippen molar-refractivity contribution in [3.05, 3.63) is 11.1 Å². The molecule has 0 radical (unpaired) electrons. The summed E-state index contributed by atoms with van der Waals surface area (Å²) in [6, 6.07) is 0. The lowest BCUT2D eigenvalue weighted by Crippen LogP contribution is -2.17. The van der Waals surface area contributed by atoms with Gasteiger partial charge in [0, 0.05) is 17.4 Å². The highest BCUT2D eigenvalue weighted by molar-refractivity contribution is 7.92. The van der Waals surface area contributed by atoms with Crippen molar-refractivity contribution in [2.45, 2.75) is 39.0 Å². The normalized spacial score (nSPS) is 12.7. The van der Waals surface area contributed by atoms with Gasteiger partial charge in [0.25, 0.3) is 0 Å². The maximum atomic E-state index is 11.7. The van der Waals surface area contributed by atoms with E-state index < -0.39 is 10.0 Å². The molecule has 0 aliphatic carbocycles. The number of sulfonamides is 1. The molecule has 0 saturated heterocycles. The average Bonchev–Trinajstić information content (AvgIpc) is 2.65. The molecule has 18 heavy (non-hydrogen) atoms. The Morgan fingerprint density at radius 2 is 2.06 bits per heavy atom. The Morgan fingerprint density at radius 3 is 2.56 bits per heavy atom. The van der Waals surface area contributed by atoms with Crippen LogP contribution in [0.2, 0.25) is 0 Å². The zero-order valence-electron chi connectivity index (χ0n) is 10.9. The number of unbranched alkanes of at least 4 members (excludes halogenated alkanes) is 1. The van der Waals surface area contributed by atoms with Gasteiger partial charge in [-0.3, -0.25) is 4.72 Å². The summed E-state index contributed by atoms with van der Waals surface area (Å²) in [5.41, 5.74) is 0.789. The third-order valence-electron chi connectivity index (χ3n) is 2.34. The predicted octanol–water partition coefficient (Wildman–Crippen LogP) is 1.95. The molecule has 0 amide bonds. The second-order valence-corrected chi connectivity index (χ2v) is 7.84. The molecule has 0 unspecified atom stereocenters. The number of nitrogens with zero attached hydrogens (tertiary/aromatic N) is 1. The maximum Gasteiger partial charge on any atom is 0.234 e. The highest BCUT2D eigenvalue weighted by Gasteiger charge is 2.19. The van der Waals surface area contributed by atoms with Gasteiger partial charge in [-0.25, -0.2) is 13.4 Å². The fourth-order valence-electron chi connectivity index (χ4n) is 1.25. The first-order valence-electron chi connectivity index (χ1n) is 5.82. The molecule has 1 aromatic rings. The number of anilines is 1. The number of aliphatic hydroxyl groups is 1. The molecule has 104 valence electrons. The van der Waals surface area contributed by atoms with E-state index in [0.717, 1.165) is 5.69 Å². The van der Waals surface area contributed by atoms with Crippen LogP contribution in [-0.4, -0.2) is 30.9 Å². The van der Waals surface area contributed by atoms with E-state index >= 15 is 0 Å². The van der Waals surface area contributed by atoms with Gasteiger partial charge >= 0.3 is 0 Å². The van der Waals surface area contributed by atoms with E-state index in [2.05, 4.69) is 9.71 Å². The second kappa shape index (κ2) is 5.99. The van der Waals surface area contributed by atoms with Crippen molar-refractivity contribution < 1.29 is 13.5 Å². The van der Waals surface area contributed by atoms with Crippen LogP contribution in [0.5, 0.6) is 0 Å². The summed E-state index contributed by atoms with van der Waals surface area (Å²) in [5.74, 6) is 0.0119. The summed E-state index contributed by atoms with van der Waals surface area (Å²) in [6.07, 6.45) is 0.940. The van der Waals surface area contributed by atoms with E-state index in [4.69, 9.17) is 5.11 Å². The molecule has 2 N–H and O–H groups in total. The number of rotatable bonds is 6. The molecule has 1 heterocycles. The second-order valence-electron chi connectivity index (χ2n) is 5.14. The first-order valence-corrected chi connectivity index (χ1v) is 8.35. The molecular weight excluding hydrogens is 272 g/mol. The summed E-state index contributed by atoms with van der Waals surface area (Å²) in [6.45, 7) is 6.10. The molecule has 0 saturated carbocycles. The number of nitrogens with one attached hydrogen (secondary N) is 1. The van der Waals surface area contributed by atoms with Gasteiger partial charge in [0.2, 0.25) is 10.0 Å². The Bertz CT molecular complexity index is 475. The number of hydrogen-bond donors (Lipinski definition) is 2. The molecule has 0 aliphatic heterocycles. The van der Waals surface area contributed by atoms with Gasteiger partial charge in [-0.2, -0.15) is 0 Å². The van der Waals surface area contributed by atoms with Crippen LogP contribution in [-0.2, 0) is 15.4 Å². The summed E-state index contributed by atoms with van der Waals surface area (Å²) < 4.78 is 25.9. The highest BCUT2D eigenvalue weighted by atomic mass is 32.2. The summed E-state index contributed by atoms with van der Waals surface area (Å²) in [7, 11) is -3.35. The minimum atomic E-state index is -3.35. The number of hydrogen-bond acceptors (Lipinski definition) is 5. The van der Waals surface area contributed by atoms with E-state index in [-0.39, 0.29) is 17.8 Å². The fourth-order valence-corrected chi connectivity index (χ4v) is 3.60. The van der Waals surface area contributed by atoms with Crippen LogP contribution in [0.1, 0.15) is 39.3 Å². The molecule has 1 aromatic heterocycles. The van der Waals surface area contributed by atoms with Gasteiger partial charge in [-0.15, -0.1) is 11.3 Å². The lowest BCUT2D eigenvalue weighted by Gasteiger charge is -2.14. The third-order valence-corrected chi connectivity index (χ3v) is 4.55. The van der Waals surface area contributed by atoms with Crippen molar-refractivity contribution in [1.82, 2.24) is 4.98 Å². The topological polar surface area (TPSA) is 79.3 Å². The number of aromatic nitrogens is 1. The molecule has 1 rings (SSSR count). The van der Waals surface area contributed by atoms with Crippen molar-refractivity contribution in [2.75, 3.05) is 17.1 Å². The van der Waals surface area contributed by atoms with Crippen LogP contribution in [0.3, 0.4) is 0 Å². The van der Waals surface area contributed by atoms with Gasteiger partial charge in [-0.1, -0.05) is 20.8 Å². The van der Waals surface area contributed by atoms with E-state index in [9.17, 15) is 8.42 Å². The van der Waals surface area contributed by atoms with Crippen LogP contribution in [0.4, 0.5) is 5.13 Å². The van der Waals surface area contributed by atoms with Crippen LogP contribution in [0, 0.1) is 0 Å². The van der Waals surface area contributed by atoms with Crippen molar-refractivity contribution in [3.63, 3.8) is 0 Å². The van der Waals surface area contributed by atoms with Gasteiger partial charge < -0.3 is 5.11 Å². The Kier molecular flexibility index (Phi) is 5.12. The van der Waals surface area contributed by atoms with Crippen molar-refractivity contribution in [2.24, 2.45) is 0 Å². The van der Waals surface area contributed by atoms with Crippen molar-refractivity contribution in [1.29, 1.82) is 0 Å². The van der Waals surface area contributed by atoms with Crippen LogP contribution < -0.4 is 4.72 Å². The molecule has 0 atom stereocenters. The zero-order valence-corrected chi connectivity index (χ0v) is 12.6. The molecule has 0 spiro atoms. The first kappa shape index (κ1) is 15.4. The zero-order chi connectivity index (χ0) is 13.8. The van der Waals surface area contributed by atoms with E-state index in [1.165, 1.54) is 11.3 Å². The predicted molar refractivity (Wildman–Crippen MR) is 74.5 cm³/mol. The van der Waals surface area contributed by atoms with Crippen molar-refractivity contribution >= 4 is 26.5 Å². The molecule has 0 bridgehead atoms. The highest BCUT2D eigenvalue weighted by Crippen LogP contribution is 2.26. The monoisotopic (exact) mass is 292 g/mol. The number of thiazole rings is 1. The van der Waals surface area contributed by atoms with Gasteiger partial charge in [0.15, 0.2) is 5.13 Å². The molecule has 5 nitrogen and oxygen atoms in total. The van der Waals surface area contributed by atoms with Crippen LogP contribution in [0.25, 0.3) is 0 Å². The maximum absolute atomic E-state index is 11.7. The van der Waals surface area contributed by atoms with Crippen LogP contribution >= 0.6 is 11.3 Å². The van der Waals surface area contributed by atoms with Gasteiger partial charge in [0.1, 0.15) is 0 Å². The smallest absolute Gasteiger partial charge is 0.234 e. The van der Waals surface area contributed by atoms with Crippen LogP contribution in [0.15, 0.2) is 5.38 Å². The first-order chi connectivity index (χ1) is 8.24. The quantitative estimate of drug-likeness (QED) is 0.786. The van der Waals surface area contributed by atoms with Crippen molar-refractivity contribution in [3.8, 4) is 0 Å². The minimum absolute atomic E-state index is 0.0119. The summed E-state index contributed by atoms with van der Waals surface area (Å²) >= 11 is 1.29. The molecule has 7 heteroatoms. The summed E-state index contributed by atoms with van der Waals surface area (Å²) in [5, 5.41) is 10.9. The summed E-state index contributed by atoms with van der Waals surface area (Å²) in [4.78, 5) is 4.27. The van der Waals surface area contributed by atoms with E-state index in [1.807, 2.05) is 26.2 Å². The minimum Gasteiger partial charge on any atom is -0.396 e. The standard InChI is InChI=1S/C11H20N2O3S2/c1-11(2,3)9-8-17-10(12-9)13-18(15,16)7-5-4-6-14/h8,14H,4-7H2,1-3H3,(H,12,13). The molecular formula is C11H20N2O3S2. The molecule has 0 fully saturated rings. The fraction of sp³-hybridized carbons (Fsp3) is 0.727. The van der Waals surface area contributed by atoms with Gasteiger partial charge in [-0.05, 0) is 12.8 Å². The SMILES string of the molecule is CC(C)(C)c1csc(NS(=O)(=O)CCCCO)n1. The molecule has 0 aromatic carbocycles. The van der Waals surface area contributed by atoms with E-state index in [0.29, 0.717) is 18.0 Å². The Balaban J connectivity index is 2.64.